The Kier molecular flexibility index (Phi) is 14.5. The Morgan fingerprint density at radius 1 is 1.06 bits per heavy atom. The van der Waals surface area contributed by atoms with Crippen LogP contribution in [0.3, 0.4) is 0 Å². The number of nitrogens with zero attached hydrogens (tertiary/aromatic N) is 1. The molecule has 0 heterocycles. The number of ether oxygens (including phenoxy) is 1. The molecule has 1 aromatic carbocycles. The molecule has 2 atom stereocenters. The molecule has 0 aromatic heterocycles. The first kappa shape index (κ1) is 31.2. The Bertz CT molecular complexity index is 919. The van der Waals surface area contributed by atoms with Gasteiger partial charge in [0.15, 0.2) is 0 Å². The molecule has 0 radical (unpaired) electrons. The van der Waals surface area contributed by atoms with Crippen LogP contribution in [-0.2, 0) is 30.5 Å². The van der Waals surface area contributed by atoms with Gasteiger partial charge in [0.25, 0.3) is 0 Å². The van der Waals surface area contributed by atoms with E-state index in [1.54, 1.807) is 18.2 Å². The fourth-order valence-corrected chi connectivity index (χ4v) is 3.42. The SMILES string of the molecule is CN(C)CCNC(=O)[C@H](CCC(=O)N[C@@H](CS)C(=O)NCC(=O)O)NC(=O)OCc1ccccc1Br. The molecule has 4 amide bonds. The third kappa shape index (κ3) is 12.7. The molecule has 1 rings (SSSR count). The first-order valence-corrected chi connectivity index (χ1v) is 12.4. The molecule has 1 aromatic rings. The van der Waals surface area contributed by atoms with Gasteiger partial charge in [0, 0.05) is 35.3 Å². The number of carboxylic acids is 1. The van der Waals surface area contributed by atoms with E-state index in [-0.39, 0.29) is 25.2 Å². The van der Waals surface area contributed by atoms with Crippen LogP contribution in [0.4, 0.5) is 4.79 Å². The molecule has 5 N–H and O–H groups in total. The second kappa shape index (κ2) is 16.8. The zero-order valence-electron chi connectivity index (χ0n) is 20.1. The predicted molar refractivity (Wildman–Crippen MR) is 138 cm³/mol. The Balaban J connectivity index is 2.71. The van der Waals surface area contributed by atoms with Crippen molar-refractivity contribution in [3.63, 3.8) is 0 Å². The molecule has 0 bridgehead atoms. The highest BCUT2D eigenvalue weighted by Crippen LogP contribution is 2.16. The number of carbonyl (C=O) groups excluding carboxylic acids is 4. The van der Waals surface area contributed by atoms with Crippen LogP contribution in [0.15, 0.2) is 28.7 Å². The minimum Gasteiger partial charge on any atom is -0.480 e. The maximum absolute atomic E-state index is 12.7. The summed E-state index contributed by atoms with van der Waals surface area (Å²) in [5.41, 5.74) is 0.734. The van der Waals surface area contributed by atoms with Gasteiger partial charge < -0.3 is 36.0 Å². The van der Waals surface area contributed by atoms with E-state index in [0.717, 1.165) is 10.0 Å². The highest BCUT2D eigenvalue weighted by molar-refractivity contribution is 9.10. The Morgan fingerprint density at radius 3 is 2.33 bits per heavy atom. The lowest BCUT2D eigenvalue weighted by Gasteiger charge is -2.20. The number of halogens is 1. The lowest BCUT2D eigenvalue weighted by Crippen LogP contribution is -2.50. The van der Waals surface area contributed by atoms with Crippen LogP contribution >= 0.6 is 28.6 Å². The first-order valence-electron chi connectivity index (χ1n) is 11.0. The average Bonchev–Trinajstić information content (AvgIpc) is 2.82. The summed E-state index contributed by atoms with van der Waals surface area (Å²) in [4.78, 5) is 61.9. The van der Waals surface area contributed by atoms with Crippen LogP contribution in [0, 0.1) is 0 Å². The van der Waals surface area contributed by atoms with Gasteiger partial charge in [-0.2, -0.15) is 12.6 Å². The number of likely N-dealkylation sites (N-methyl/N-ethyl adjacent to an activating group) is 1. The highest BCUT2D eigenvalue weighted by atomic mass is 79.9. The van der Waals surface area contributed by atoms with E-state index in [0.29, 0.717) is 13.1 Å². The smallest absolute Gasteiger partial charge is 0.408 e. The molecule has 0 aliphatic rings. The second-order valence-corrected chi connectivity index (χ2v) is 9.13. The highest BCUT2D eigenvalue weighted by Gasteiger charge is 2.24. The number of carboxylic acid groups (broad SMARTS) is 1. The zero-order valence-corrected chi connectivity index (χ0v) is 22.6. The monoisotopic (exact) mass is 589 g/mol. The van der Waals surface area contributed by atoms with E-state index < -0.39 is 48.4 Å². The van der Waals surface area contributed by atoms with Crippen molar-refractivity contribution in [2.75, 3.05) is 39.5 Å². The largest absolute Gasteiger partial charge is 0.480 e. The molecule has 0 aliphatic heterocycles. The van der Waals surface area contributed by atoms with Crippen molar-refractivity contribution >= 4 is 58.3 Å². The van der Waals surface area contributed by atoms with Crippen molar-refractivity contribution in [2.24, 2.45) is 0 Å². The topological polar surface area (TPSA) is 166 Å². The molecule has 0 saturated carbocycles. The number of aliphatic carboxylic acids is 1. The van der Waals surface area contributed by atoms with Crippen LogP contribution in [0.1, 0.15) is 18.4 Å². The quantitative estimate of drug-likeness (QED) is 0.157. The van der Waals surface area contributed by atoms with Crippen molar-refractivity contribution in [3.05, 3.63) is 34.3 Å². The number of hydrogen-bond donors (Lipinski definition) is 6. The number of rotatable bonds is 15. The number of hydrogen-bond acceptors (Lipinski definition) is 8. The van der Waals surface area contributed by atoms with Gasteiger partial charge in [0.05, 0.1) is 0 Å². The summed E-state index contributed by atoms with van der Waals surface area (Å²) in [7, 11) is 3.69. The maximum Gasteiger partial charge on any atom is 0.408 e. The molecule has 0 aliphatic carbocycles. The van der Waals surface area contributed by atoms with Gasteiger partial charge in [0.2, 0.25) is 17.7 Å². The summed E-state index contributed by atoms with van der Waals surface area (Å²) >= 11 is 7.37. The molecular formula is C22H32BrN5O7S. The summed E-state index contributed by atoms with van der Waals surface area (Å²) in [6.45, 7) is 0.270. The van der Waals surface area contributed by atoms with E-state index >= 15 is 0 Å². The molecule has 200 valence electrons. The molecule has 0 unspecified atom stereocenters. The molecule has 0 saturated heterocycles. The van der Waals surface area contributed by atoms with Crippen LogP contribution in [-0.4, -0.2) is 91.4 Å². The van der Waals surface area contributed by atoms with Gasteiger partial charge in [-0.05, 0) is 26.6 Å². The molecular weight excluding hydrogens is 558 g/mol. The van der Waals surface area contributed by atoms with Crippen LogP contribution < -0.4 is 21.3 Å². The van der Waals surface area contributed by atoms with Crippen LogP contribution in [0.5, 0.6) is 0 Å². The predicted octanol–water partition coefficient (Wildman–Crippen LogP) is 0.117. The van der Waals surface area contributed by atoms with Crippen LogP contribution in [0.25, 0.3) is 0 Å². The Hall–Kier alpha value is -2.84. The Labute approximate surface area is 223 Å². The van der Waals surface area contributed by atoms with Crippen molar-refractivity contribution in [2.45, 2.75) is 31.5 Å². The summed E-state index contributed by atoms with van der Waals surface area (Å²) in [5, 5.41) is 18.5. The fraction of sp³-hybridized carbons (Fsp3) is 0.500. The minimum atomic E-state index is -1.23. The van der Waals surface area contributed by atoms with Gasteiger partial charge in [-0.25, -0.2) is 4.79 Å². The van der Waals surface area contributed by atoms with Gasteiger partial charge in [0.1, 0.15) is 25.2 Å². The Morgan fingerprint density at radius 2 is 1.72 bits per heavy atom. The van der Waals surface area contributed by atoms with E-state index in [9.17, 15) is 24.0 Å². The fourth-order valence-electron chi connectivity index (χ4n) is 2.76. The second-order valence-electron chi connectivity index (χ2n) is 7.91. The summed E-state index contributed by atoms with van der Waals surface area (Å²) in [6, 6.07) is 5.06. The van der Waals surface area contributed by atoms with Gasteiger partial charge >= 0.3 is 12.1 Å². The summed E-state index contributed by atoms with van der Waals surface area (Å²) in [5.74, 6) is -3.06. The van der Waals surface area contributed by atoms with Gasteiger partial charge in [-0.3, -0.25) is 19.2 Å². The average molecular weight is 590 g/mol. The lowest BCUT2D eigenvalue weighted by molar-refractivity contribution is -0.138. The maximum atomic E-state index is 12.7. The van der Waals surface area contributed by atoms with E-state index in [1.165, 1.54) is 0 Å². The number of carbonyl (C=O) groups is 5. The van der Waals surface area contributed by atoms with Crippen molar-refractivity contribution in [3.8, 4) is 0 Å². The summed E-state index contributed by atoms with van der Waals surface area (Å²) in [6.07, 6.45) is -1.10. The number of nitrogens with one attached hydrogen (secondary N) is 4. The summed E-state index contributed by atoms with van der Waals surface area (Å²) < 4.78 is 5.98. The van der Waals surface area contributed by atoms with E-state index in [4.69, 9.17) is 9.84 Å². The first-order chi connectivity index (χ1) is 17.0. The van der Waals surface area contributed by atoms with E-state index in [1.807, 2.05) is 25.1 Å². The van der Waals surface area contributed by atoms with Crippen molar-refractivity contribution in [1.29, 1.82) is 0 Å². The number of amides is 4. The minimum absolute atomic E-state index is 0.0300. The normalized spacial score (nSPS) is 12.2. The number of benzene rings is 1. The molecule has 0 fully saturated rings. The van der Waals surface area contributed by atoms with Gasteiger partial charge in [-0.1, -0.05) is 34.1 Å². The molecule has 12 nitrogen and oxygen atoms in total. The van der Waals surface area contributed by atoms with Crippen molar-refractivity contribution < 1.29 is 33.8 Å². The molecule has 36 heavy (non-hydrogen) atoms. The number of thiol groups is 1. The standard InChI is InChI=1S/C22H32BrN5O7S/c1-28(2)10-9-24-20(32)16(27-22(34)35-12-14-5-3-4-6-15(14)23)7-8-18(29)26-17(13-36)21(33)25-11-19(30)31/h3-6,16-17,36H,7-13H2,1-2H3,(H,24,32)(H,25,33)(H,26,29)(H,27,34)(H,30,31)/t16-,17-/m0/s1. The van der Waals surface area contributed by atoms with Gasteiger partial charge in [-0.15, -0.1) is 0 Å². The van der Waals surface area contributed by atoms with Crippen molar-refractivity contribution in [1.82, 2.24) is 26.2 Å². The third-order valence-electron chi connectivity index (χ3n) is 4.69. The molecule has 14 heteroatoms. The number of alkyl carbamates (subject to hydrolysis) is 1. The molecule has 0 spiro atoms. The third-order valence-corrected chi connectivity index (χ3v) is 5.83. The van der Waals surface area contributed by atoms with E-state index in [2.05, 4.69) is 49.8 Å². The van der Waals surface area contributed by atoms with Crippen LogP contribution in [0.2, 0.25) is 0 Å². The zero-order chi connectivity index (χ0) is 27.1. The lowest BCUT2D eigenvalue weighted by atomic mass is 10.1.